The summed E-state index contributed by atoms with van der Waals surface area (Å²) in [5.41, 5.74) is 3.54. The summed E-state index contributed by atoms with van der Waals surface area (Å²) in [5, 5.41) is 1.05. The Morgan fingerprint density at radius 1 is 1.00 bits per heavy atom. The SMILES string of the molecule is CCOC(=O)C1=C(c2ccccc2)N=c2s/c(=C\c3ccc(OCc4ccc(Cl)cc4Cl)c(OC)c3)c(=O)n2[C@@H]1c1ccc(SC)cc1. The lowest BCUT2D eigenvalue weighted by atomic mass is 9.93. The molecule has 2 heterocycles. The Kier molecular flexibility index (Phi) is 10.4. The van der Waals surface area contributed by atoms with Gasteiger partial charge >= 0.3 is 5.97 Å². The highest BCUT2D eigenvalue weighted by molar-refractivity contribution is 7.98. The number of thioether (sulfide) groups is 1. The summed E-state index contributed by atoms with van der Waals surface area (Å²) in [5.74, 6) is 0.486. The molecule has 5 aromatic rings. The van der Waals surface area contributed by atoms with Crippen LogP contribution in [0.25, 0.3) is 11.8 Å². The summed E-state index contributed by atoms with van der Waals surface area (Å²) in [4.78, 5) is 34.4. The molecule has 0 amide bonds. The molecule has 11 heteroatoms. The molecule has 0 N–H and O–H groups in total. The lowest BCUT2D eigenvalue weighted by Gasteiger charge is -2.26. The van der Waals surface area contributed by atoms with Crippen LogP contribution in [-0.2, 0) is 16.1 Å². The first kappa shape index (κ1) is 33.6. The van der Waals surface area contributed by atoms with Gasteiger partial charge in [-0.2, -0.15) is 0 Å². The second-order valence-corrected chi connectivity index (χ2v) is 13.4. The Hall–Kier alpha value is -4.28. The molecule has 1 aliphatic rings. The van der Waals surface area contributed by atoms with E-state index >= 15 is 0 Å². The summed E-state index contributed by atoms with van der Waals surface area (Å²) in [6.45, 7) is 2.16. The van der Waals surface area contributed by atoms with Crippen LogP contribution in [0.15, 0.2) is 111 Å². The van der Waals surface area contributed by atoms with Crippen molar-refractivity contribution in [2.45, 2.75) is 24.5 Å². The van der Waals surface area contributed by atoms with Gasteiger partial charge in [-0.25, -0.2) is 9.79 Å². The highest BCUT2D eigenvalue weighted by Crippen LogP contribution is 2.36. The van der Waals surface area contributed by atoms with Gasteiger partial charge in [0.15, 0.2) is 16.3 Å². The van der Waals surface area contributed by atoms with Gasteiger partial charge in [-0.1, -0.05) is 89.1 Å². The molecule has 1 atom stereocenters. The van der Waals surface area contributed by atoms with E-state index in [1.165, 1.54) is 11.3 Å². The maximum Gasteiger partial charge on any atom is 0.338 e. The van der Waals surface area contributed by atoms with E-state index in [0.717, 1.165) is 27.1 Å². The van der Waals surface area contributed by atoms with Crippen LogP contribution in [0.4, 0.5) is 0 Å². The predicted molar refractivity (Wildman–Crippen MR) is 193 cm³/mol. The van der Waals surface area contributed by atoms with Crippen molar-refractivity contribution in [3.63, 3.8) is 0 Å². The van der Waals surface area contributed by atoms with Crippen LogP contribution < -0.4 is 24.4 Å². The molecule has 0 bridgehead atoms. The van der Waals surface area contributed by atoms with E-state index in [9.17, 15) is 9.59 Å². The number of thiazole rings is 1. The zero-order valence-corrected chi connectivity index (χ0v) is 29.4. The molecule has 0 radical (unpaired) electrons. The number of halogens is 2. The third-order valence-electron chi connectivity index (χ3n) is 7.69. The molecule has 1 aromatic heterocycles. The van der Waals surface area contributed by atoms with Crippen molar-refractivity contribution in [1.29, 1.82) is 0 Å². The largest absolute Gasteiger partial charge is 0.493 e. The molecule has 244 valence electrons. The molecule has 0 saturated carbocycles. The minimum Gasteiger partial charge on any atom is -0.493 e. The highest BCUT2D eigenvalue weighted by atomic mass is 35.5. The summed E-state index contributed by atoms with van der Waals surface area (Å²) in [7, 11) is 1.56. The number of rotatable bonds is 10. The number of hydrogen-bond donors (Lipinski definition) is 0. The molecule has 0 spiro atoms. The average Bonchev–Trinajstić information content (AvgIpc) is 3.41. The van der Waals surface area contributed by atoms with E-state index in [4.69, 9.17) is 42.4 Å². The molecule has 1 aliphatic heterocycles. The number of carbonyl (C=O) groups excluding carboxylic acids is 1. The predicted octanol–water partition coefficient (Wildman–Crippen LogP) is 7.55. The smallest absolute Gasteiger partial charge is 0.338 e. The Bertz CT molecular complexity index is 2200. The zero-order valence-electron chi connectivity index (χ0n) is 26.2. The number of ether oxygens (including phenoxy) is 3. The molecule has 0 aliphatic carbocycles. The van der Waals surface area contributed by atoms with E-state index in [2.05, 4.69) is 0 Å². The number of benzene rings is 4. The lowest BCUT2D eigenvalue weighted by molar-refractivity contribution is -0.138. The molecule has 4 aromatic carbocycles. The van der Waals surface area contributed by atoms with Crippen molar-refractivity contribution in [3.05, 3.63) is 149 Å². The van der Waals surface area contributed by atoms with E-state index in [-0.39, 0.29) is 18.8 Å². The normalized spacial score (nSPS) is 14.4. The van der Waals surface area contributed by atoms with Gasteiger partial charge in [-0.3, -0.25) is 9.36 Å². The van der Waals surface area contributed by atoms with Crippen molar-refractivity contribution < 1.29 is 19.0 Å². The fraction of sp³-hybridized carbons (Fsp3) is 0.162. The Morgan fingerprint density at radius 2 is 1.77 bits per heavy atom. The number of fused-ring (bicyclic) bond motifs is 1. The van der Waals surface area contributed by atoms with Gasteiger partial charge in [0.25, 0.3) is 5.56 Å². The van der Waals surface area contributed by atoms with Gasteiger partial charge in [0.05, 0.1) is 35.6 Å². The standard InChI is InChI=1S/C37H30Cl2N2O5S2/c1-4-45-36(43)32-33(23-8-6-5-7-9-23)40-37-41(34(32)24-12-15-27(47-3)16-13-24)35(42)31(48-37)19-22-10-17-29(30(18-22)44-2)46-21-25-11-14-26(38)20-28(25)39/h5-20,34H,4,21H2,1-3H3/b31-19-/t34-/m1/s1. The summed E-state index contributed by atoms with van der Waals surface area (Å²) in [6.07, 6.45) is 3.79. The van der Waals surface area contributed by atoms with E-state index in [0.29, 0.717) is 42.1 Å². The Morgan fingerprint density at radius 3 is 2.46 bits per heavy atom. The van der Waals surface area contributed by atoms with Crippen LogP contribution in [0.2, 0.25) is 10.0 Å². The number of esters is 1. The molecule has 0 saturated heterocycles. The fourth-order valence-electron chi connectivity index (χ4n) is 5.38. The summed E-state index contributed by atoms with van der Waals surface area (Å²) < 4.78 is 19.3. The van der Waals surface area contributed by atoms with Crippen LogP contribution in [0.5, 0.6) is 11.5 Å². The lowest BCUT2D eigenvalue weighted by Crippen LogP contribution is -2.40. The van der Waals surface area contributed by atoms with Crippen molar-refractivity contribution in [3.8, 4) is 11.5 Å². The van der Waals surface area contributed by atoms with Gasteiger partial charge in [0.2, 0.25) is 0 Å². The molecule has 7 nitrogen and oxygen atoms in total. The minimum atomic E-state index is -0.751. The summed E-state index contributed by atoms with van der Waals surface area (Å²) in [6, 6.07) is 27.3. The van der Waals surface area contributed by atoms with Crippen molar-refractivity contribution in [2.24, 2.45) is 4.99 Å². The Labute approximate surface area is 295 Å². The molecule has 6 rings (SSSR count). The number of nitrogens with zero attached hydrogens (tertiary/aromatic N) is 2. The second kappa shape index (κ2) is 14.9. The molecular formula is C37H30Cl2N2O5S2. The van der Waals surface area contributed by atoms with Crippen molar-refractivity contribution >= 4 is 64.0 Å². The van der Waals surface area contributed by atoms with Crippen LogP contribution >= 0.6 is 46.3 Å². The van der Waals surface area contributed by atoms with Crippen LogP contribution in [0.3, 0.4) is 0 Å². The van der Waals surface area contributed by atoms with E-state index in [1.54, 1.807) is 60.7 Å². The number of hydrogen-bond acceptors (Lipinski definition) is 8. The number of aromatic nitrogens is 1. The molecular weight excluding hydrogens is 687 g/mol. The van der Waals surface area contributed by atoms with E-state index < -0.39 is 12.0 Å². The van der Waals surface area contributed by atoms with Gasteiger partial charge in [-0.05, 0) is 66.8 Å². The number of carbonyl (C=O) groups is 1. The van der Waals surface area contributed by atoms with Gasteiger partial charge in [0, 0.05) is 26.1 Å². The third kappa shape index (κ3) is 6.96. The topological polar surface area (TPSA) is 79.1 Å². The Balaban J connectivity index is 1.46. The van der Waals surface area contributed by atoms with Crippen molar-refractivity contribution in [1.82, 2.24) is 4.57 Å². The minimum absolute atomic E-state index is 0.182. The third-order valence-corrected chi connectivity index (χ3v) is 10.0. The van der Waals surface area contributed by atoms with Gasteiger partial charge in [0.1, 0.15) is 6.61 Å². The van der Waals surface area contributed by atoms with Crippen LogP contribution in [0.1, 0.15) is 35.2 Å². The van der Waals surface area contributed by atoms with Crippen LogP contribution in [-0.4, -0.2) is 30.5 Å². The van der Waals surface area contributed by atoms with Crippen LogP contribution in [0, 0.1) is 0 Å². The first-order valence-electron chi connectivity index (χ1n) is 15.0. The molecule has 48 heavy (non-hydrogen) atoms. The first-order chi connectivity index (χ1) is 23.3. The van der Waals surface area contributed by atoms with Crippen molar-refractivity contribution in [2.75, 3.05) is 20.0 Å². The van der Waals surface area contributed by atoms with Gasteiger partial charge in [-0.15, -0.1) is 11.8 Å². The summed E-state index contributed by atoms with van der Waals surface area (Å²) >= 11 is 15.2. The van der Waals surface area contributed by atoms with E-state index in [1.807, 2.05) is 73.0 Å². The van der Waals surface area contributed by atoms with Gasteiger partial charge < -0.3 is 14.2 Å². The molecule has 0 unspecified atom stereocenters. The fourth-order valence-corrected chi connectivity index (χ4v) is 7.25. The first-order valence-corrected chi connectivity index (χ1v) is 17.8. The second-order valence-electron chi connectivity index (χ2n) is 10.6. The monoisotopic (exact) mass is 716 g/mol. The molecule has 0 fully saturated rings. The number of methoxy groups -OCH3 is 1. The average molecular weight is 718 g/mol. The zero-order chi connectivity index (χ0) is 33.8. The maximum atomic E-state index is 14.3. The maximum absolute atomic E-state index is 14.3. The highest BCUT2D eigenvalue weighted by Gasteiger charge is 2.35. The quantitative estimate of drug-likeness (QED) is 0.110.